The lowest BCUT2D eigenvalue weighted by molar-refractivity contribution is -0.0435. The number of rotatable bonds is 6. The Hall–Kier alpha value is -2.99. The van der Waals surface area contributed by atoms with E-state index in [1.807, 2.05) is 0 Å². The lowest BCUT2D eigenvalue weighted by Gasteiger charge is -2.41. The van der Waals surface area contributed by atoms with Gasteiger partial charge in [-0.25, -0.2) is 13.4 Å². The summed E-state index contributed by atoms with van der Waals surface area (Å²) in [5, 5.41) is 6.14. The lowest BCUT2D eigenvalue weighted by Crippen LogP contribution is -2.54. The van der Waals surface area contributed by atoms with Crippen molar-refractivity contribution in [3.63, 3.8) is 0 Å². The first-order valence-corrected chi connectivity index (χ1v) is 14.2. The maximum atomic E-state index is 13.3. The highest BCUT2D eigenvalue weighted by Crippen LogP contribution is 2.36. The number of nitrogens with zero attached hydrogens (tertiary/aromatic N) is 1. The second-order valence-corrected chi connectivity index (χ2v) is 12.2. The Morgan fingerprint density at radius 1 is 1.16 bits per heavy atom. The number of alkyl halides is 3. The molecule has 1 fully saturated rings. The summed E-state index contributed by atoms with van der Waals surface area (Å²) in [5.74, 6) is -1.19. The van der Waals surface area contributed by atoms with E-state index in [1.54, 1.807) is 19.1 Å². The molecule has 1 aromatic carbocycles. The number of halogens is 3. The highest BCUT2D eigenvalue weighted by molar-refractivity contribution is 7.92. The van der Waals surface area contributed by atoms with Gasteiger partial charge in [-0.15, -0.1) is 0 Å². The SMILES string of the molecule is Cc1cc(NC2=C(CN)C(CCS(=O)(=O)C(F)(F)F)=CCC=N2)c(=O)cc2c1C(=O)NC1(CCCCC1)C2. The van der Waals surface area contributed by atoms with Crippen LogP contribution >= 0.6 is 0 Å². The van der Waals surface area contributed by atoms with Crippen LogP contribution in [0, 0.1) is 6.92 Å². The Labute approximate surface area is 219 Å². The normalized spacial score (nSPS) is 19.5. The van der Waals surface area contributed by atoms with Gasteiger partial charge in [0.25, 0.3) is 5.91 Å². The fraction of sp³-hybridized carbons (Fsp3) is 0.500. The topological polar surface area (TPSA) is 131 Å². The van der Waals surface area contributed by atoms with Crippen LogP contribution < -0.4 is 21.8 Å². The number of aliphatic imine (C=N–C) groups is 1. The molecule has 1 amide bonds. The maximum Gasteiger partial charge on any atom is 0.497 e. The van der Waals surface area contributed by atoms with Crippen LogP contribution in [-0.4, -0.2) is 43.9 Å². The minimum Gasteiger partial charge on any atom is -0.346 e. The Kier molecular flexibility index (Phi) is 7.85. The molecule has 1 saturated carbocycles. The van der Waals surface area contributed by atoms with Gasteiger partial charge in [0.05, 0.1) is 11.4 Å². The van der Waals surface area contributed by atoms with Crippen LogP contribution in [0.3, 0.4) is 0 Å². The second kappa shape index (κ2) is 10.6. The summed E-state index contributed by atoms with van der Waals surface area (Å²) in [6.07, 6.45) is 8.33. The third kappa shape index (κ3) is 5.70. The zero-order chi connectivity index (χ0) is 27.7. The van der Waals surface area contributed by atoms with E-state index in [1.165, 1.54) is 12.3 Å². The Morgan fingerprint density at radius 3 is 2.53 bits per heavy atom. The Bertz CT molecular complexity index is 1390. The molecule has 3 aliphatic rings. The highest BCUT2D eigenvalue weighted by atomic mass is 32.2. The highest BCUT2D eigenvalue weighted by Gasteiger charge is 2.45. The summed E-state index contributed by atoms with van der Waals surface area (Å²) < 4.78 is 61.8. The van der Waals surface area contributed by atoms with Gasteiger partial charge in [0, 0.05) is 35.9 Å². The zero-order valence-corrected chi connectivity index (χ0v) is 21.9. The molecule has 1 spiro atoms. The summed E-state index contributed by atoms with van der Waals surface area (Å²) >= 11 is 0. The molecule has 12 heteroatoms. The minimum atomic E-state index is -5.35. The standard InChI is InChI=1S/C26H31F3N4O4S/c1-16-12-20(21(34)13-18-14-25(8-3-2-4-9-25)33-24(35)22(16)18)32-23-19(15-30)17(6-5-10-31-23)7-11-38(36,37)26(27,28)29/h6,10,12-13H,2-5,7-9,11,14-15,30H2,1H3,(H,32,34)(H,33,35). The van der Waals surface area contributed by atoms with Gasteiger partial charge in [-0.3, -0.25) is 9.59 Å². The molecule has 4 N–H and O–H groups in total. The molecular formula is C26H31F3N4O4S. The fourth-order valence-corrected chi connectivity index (χ4v) is 6.21. The number of anilines is 1. The molecular weight excluding hydrogens is 521 g/mol. The van der Waals surface area contributed by atoms with E-state index < -0.39 is 27.5 Å². The van der Waals surface area contributed by atoms with Gasteiger partial charge in [0.15, 0.2) is 0 Å². The molecule has 0 radical (unpaired) electrons. The van der Waals surface area contributed by atoms with Crippen LogP contribution in [0.2, 0.25) is 0 Å². The van der Waals surface area contributed by atoms with Crippen molar-refractivity contribution in [3.05, 3.63) is 62.1 Å². The predicted octanol–water partition coefficient (Wildman–Crippen LogP) is 3.65. The van der Waals surface area contributed by atoms with Crippen molar-refractivity contribution in [3.8, 4) is 0 Å². The van der Waals surface area contributed by atoms with Crippen molar-refractivity contribution >= 4 is 27.6 Å². The van der Waals surface area contributed by atoms with Gasteiger partial charge in [-0.1, -0.05) is 25.3 Å². The molecule has 0 unspecified atom stereocenters. The number of carbonyl (C=O) groups is 1. The number of sulfone groups is 1. The van der Waals surface area contributed by atoms with Gasteiger partial charge in [0.2, 0.25) is 15.3 Å². The summed E-state index contributed by atoms with van der Waals surface area (Å²) in [6, 6.07) is 3.02. The van der Waals surface area contributed by atoms with Gasteiger partial charge in [-0.05, 0) is 61.4 Å². The van der Waals surface area contributed by atoms with Crippen LogP contribution in [0.5, 0.6) is 0 Å². The number of amides is 1. The van der Waals surface area contributed by atoms with Gasteiger partial charge >= 0.3 is 5.51 Å². The molecule has 1 aliphatic carbocycles. The third-order valence-corrected chi connectivity index (χ3v) is 8.85. The van der Waals surface area contributed by atoms with Crippen molar-refractivity contribution < 1.29 is 26.4 Å². The number of aryl methyl sites for hydroxylation is 1. The number of carbonyl (C=O) groups excluding carboxylic acids is 1. The molecule has 0 bridgehead atoms. The molecule has 4 rings (SSSR count). The largest absolute Gasteiger partial charge is 0.497 e. The number of hydrogen-bond acceptors (Lipinski definition) is 7. The smallest absolute Gasteiger partial charge is 0.346 e. The summed E-state index contributed by atoms with van der Waals surface area (Å²) in [4.78, 5) is 30.7. The molecule has 2 aliphatic heterocycles. The van der Waals surface area contributed by atoms with Crippen molar-refractivity contribution in [1.82, 2.24) is 5.32 Å². The Morgan fingerprint density at radius 2 is 1.87 bits per heavy atom. The number of hydrogen-bond donors (Lipinski definition) is 3. The van der Waals surface area contributed by atoms with Crippen molar-refractivity contribution in [2.75, 3.05) is 17.6 Å². The molecule has 1 aromatic rings. The average Bonchev–Trinajstić information content (AvgIpc) is 3.09. The number of nitrogens with one attached hydrogen (secondary N) is 2. The average molecular weight is 553 g/mol. The molecule has 0 saturated heterocycles. The molecule has 206 valence electrons. The molecule has 0 atom stereocenters. The number of fused-ring (bicyclic) bond motifs is 1. The van der Waals surface area contributed by atoms with Crippen LogP contribution in [-0.2, 0) is 16.3 Å². The summed E-state index contributed by atoms with van der Waals surface area (Å²) in [7, 11) is -5.32. The second-order valence-electron chi connectivity index (χ2n) is 10.1. The maximum absolute atomic E-state index is 13.3. The van der Waals surface area contributed by atoms with Crippen LogP contribution in [0.1, 0.15) is 66.4 Å². The minimum absolute atomic E-state index is 0.129. The molecule has 38 heavy (non-hydrogen) atoms. The predicted molar refractivity (Wildman–Crippen MR) is 140 cm³/mol. The van der Waals surface area contributed by atoms with Crippen molar-refractivity contribution in [2.45, 2.75) is 69.3 Å². The van der Waals surface area contributed by atoms with E-state index in [4.69, 9.17) is 5.73 Å². The first-order chi connectivity index (χ1) is 17.9. The van der Waals surface area contributed by atoms with E-state index >= 15 is 0 Å². The first-order valence-electron chi connectivity index (χ1n) is 12.6. The zero-order valence-electron chi connectivity index (χ0n) is 21.1. The van der Waals surface area contributed by atoms with E-state index in [2.05, 4.69) is 15.6 Å². The molecule has 8 nitrogen and oxygen atoms in total. The number of nitrogens with two attached hydrogens (primary N) is 1. The number of allylic oxidation sites excluding steroid dienone is 1. The lowest BCUT2D eigenvalue weighted by atomic mass is 9.74. The first kappa shape index (κ1) is 28.0. The van der Waals surface area contributed by atoms with Crippen LogP contribution in [0.25, 0.3) is 0 Å². The van der Waals surface area contributed by atoms with Crippen LogP contribution in [0.15, 0.2) is 45.0 Å². The fourth-order valence-electron chi connectivity index (χ4n) is 5.49. The molecule has 2 heterocycles. The van der Waals surface area contributed by atoms with Crippen LogP contribution in [0.4, 0.5) is 18.9 Å². The summed E-state index contributed by atoms with van der Waals surface area (Å²) in [6.45, 7) is 1.59. The molecule has 0 aromatic heterocycles. The van der Waals surface area contributed by atoms with Crippen molar-refractivity contribution in [2.24, 2.45) is 10.7 Å². The van der Waals surface area contributed by atoms with Gasteiger partial charge in [0.1, 0.15) is 5.82 Å². The van der Waals surface area contributed by atoms with Gasteiger partial charge < -0.3 is 16.4 Å². The van der Waals surface area contributed by atoms with E-state index in [-0.39, 0.29) is 41.3 Å². The van der Waals surface area contributed by atoms with Crippen molar-refractivity contribution in [1.29, 1.82) is 0 Å². The monoisotopic (exact) mass is 552 g/mol. The summed E-state index contributed by atoms with van der Waals surface area (Å²) in [5.41, 5.74) is 2.32. The Balaban J connectivity index is 1.68. The quantitative estimate of drug-likeness (QED) is 0.494. The van der Waals surface area contributed by atoms with E-state index in [0.717, 1.165) is 32.1 Å². The third-order valence-electron chi connectivity index (χ3n) is 7.41. The van der Waals surface area contributed by atoms with Gasteiger partial charge in [-0.2, -0.15) is 13.2 Å². The van der Waals surface area contributed by atoms with E-state index in [0.29, 0.717) is 34.3 Å². The van der Waals surface area contributed by atoms with E-state index in [9.17, 15) is 31.2 Å².